The normalized spacial score (nSPS) is 16.9. The molecule has 1 aliphatic heterocycles. The lowest BCUT2D eigenvalue weighted by Crippen LogP contribution is -2.12. The molecule has 7 heteroatoms. The van der Waals surface area contributed by atoms with Gasteiger partial charge in [-0.25, -0.2) is 12.4 Å². The molecule has 1 saturated heterocycles. The third-order valence-corrected chi connectivity index (χ3v) is 7.31. The van der Waals surface area contributed by atoms with Gasteiger partial charge in [0.2, 0.25) is 10.0 Å². The second-order valence-electron chi connectivity index (χ2n) is 4.75. The molecule has 108 valence electrons. The van der Waals surface area contributed by atoms with Crippen molar-refractivity contribution in [3.05, 3.63) is 47.5 Å². The number of aromatic amines is 1. The van der Waals surface area contributed by atoms with Crippen molar-refractivity contribution in [1.29, 1.82) is 0 Å². The summed E-state index contributed by atoms with van der Waals surface area (Å²) < 4.78 is 25.2. The lowest BCUT2D eigenvalue weighted by Gasteiger charge is -2.07. The number of hydrogen-bond donors (Lipinski definition) is 1. The lowest BCUT2D eigenvalue weighted by atomic mass is 10.2. The molecule has 0 aliphatic carbocycles. The number of rotatable bonds is 4. The van der Waals surface area contributed by atoms with Gasteiger partial charge in [-0.1, -0.05) is 0 Å². The number of thioether (sulfide) groups is 2. The van der Waals surface area contributed by atoms with Crippen molar-refractivity contribution in [3.8, 4) is 0 Å². The van der Waals surface area contributed by atoms with Gasteiger partial charge in [0.1, 0.15) is 0 Å². The van der Waals surface area contributed by atoms with Crippen molar-refractivity contribution in [2.24, 2.45) is 0 Å². The molecule has 0 unspecified atom stereocenters. The van der Waals surface area contributed by atoms with Crippen molar-refractivity contribution < 1.29 is 8.42 Å². The second kappa shape index (κ2) is 5.54. The van der Waals surface area contributed by atoms with Crippen LogP contribution in [0.2, 0.25) is 0 Å². The monoisotopic (exact) mass is 328 g/mol. The average Bonchev–Trinajstić information content (AvgIpc) is 3.08. The van der Waals surface area contributed by atoms with E-state index in [0.717, 1.165) is 11.4 Å². The number of nitrogens with zero attached hydrogens (tertiary/aromatic N) is 1. The maximum absolute atomic E-state index is 11.7. The molecule has 3 heterocycles. The van der Waals surface area contributed by atoms with Crippen LogP contribution in [0.15, 0.2) is 30.5 Å². The molecule has 20 heavy (non-hydrogen) atoms. The minimum Gasteiger partial charge on any atom is -0.360 e. The smallest absolute Gasteiger partial charge is 0.235 e. The summed E-state index contributed by atoms with van der Waals surface area (Å²) in [6, 6.07) is 7.77. The zero-order valence-corrected chi connectivity index (χ0v) is 13.5. The fraction of sp³-hybridized carbons (Fsp3) is 0.385. The van der Waals surface area contributed by atoms with Crippen LogP contribution in [0.3, 0.4) is 0 Å². The topological polar surface area (TPSA) is 54.9 Å². The molecule has 1 fully saturated rings. The molecule has 2 aromatic rings. The van der Waals surface area contributed by atoms with E-state index in [-0.39, 0.29) is 0 Å². The van der Waals surface area contributed by atoms with Gasteiger partial charge >= 0.3 is 0 Å². The highest BCUT2D eigenvalue weighted by atomic mass is 32.2. The largest absolute Gasteiger partial charge is 0.360 e. The molecule has 0 amide bonds. The highest BCUT2D eigenvalue weighted by Crippen LogP contribution is 2.44. The first-order chi connectivity index (χ1) is 9.54. The van der Waals surface area contributed by atoms with Gasteiger partial charge in [0, 0.05) is 41.2 Å². The summed E-state index contributed by atoms with van der Waals surface area (Å²) in [5, 5.41) is 0. The van der Waals surface area contributed by atoms with Crippen molar-refractivity contribution in [3.63, 3.8) is 0 Å². The van der Waals surface area contributed by atoms with Gasteiger partial charge in [0.15, 0.2) is 0 Å². The minimum atomic E-state index is -3.22. The Hall–Kier alpha value is -0.790. The van der Waals surface area contributed by atoms with Gasteiger partial charge in [0.05, 0.1) is 10.8 Å². The molecule has 0 bridgehead atoms. The van der Waals surface area contributed by atoms with Crippen LogP contribution in [0.25, 0.3) is 0 Å². The highest BCUT2D eigenvalue weighted by molar-refractivity contribution is 8.19. The number of aromatic nitrogens is 2. The first-order valence-electron chi connectivity index (χ1n) is 6.32. The second-order valence-corrected chi connectivity index (χ2v) is 9.33. The molecule has 3 rings (SSSR count). The number of hydrogen-bond acceptors (Lipinski definition) is 4. The maximum Gasteiger partial charge on any atom is 0.235 e. The van der Waals surface area contributed by atoms with Crippen LogP contribution in [-0.2, 0) is 16.4 Å². The van der Waals surface area contributed by atoms with E-state index in [2.05, 4.69) is 11.1 Å². The summed E-state index contributed by atoms with van der Waals surface area (Å²) in [5.41, 5.74) is 3.06. The third-order valence-electron chi connectivity index (χ3n) is 3.17. The zero-order chi connectivity index (χ0) is 14.2. The Morgan fingerprint density at radius 2 is 2.05 bits per heavy atom. The summed E-state index contributed by atoms with van der Waals surface area (Å²) in [6.07, 6.45) is 3.42. The molecule has 0 atom stereocenters. The van der Waals surface area contributed by atoms with Crippen LogP contribution in [-0.4, -0.2) is 35.1 Å². The Labute approximate surface area is 127 Å². The van der Waals surface area contributed by atoms with Crippen molar-refractivity contribution in [2.75, 3.05) is 17.8 Å². The van der Waals surface area contributed by atoms with E-state index in [0.29, 0.717) is 11.0 Å². The molecule has 0 saturated carbocycles. The summed E-state index contributed by atoms with van der Waals surface area (Å²) in [5.74, 6) is 2.39. The number of nitrogens with one attached hydrogen (secondary N) is 1. The van der Waals surface area contributed by atoms with E-state index < -0.39 is 10.0 Å². The van der Waals surface area contributed by atoms with E-state index in [1.807, 2.05) is 35.7 Å². The maximum atomic E-state index is 11.7. The molecular weight excluding hydrogens is 312 g/mol. The van der Waals surface area contributed by atoms with E-state index >= 15 is 0 Å². The third kappa shape index (κ3) is 2.94. The standard InChI is InChI=1S/C13H16N2O2S3/c1-20(16,17)15-6-2-3-11(15)9-10-4-5-12(14-10)13-18-7-8-19-13/h2-6,13-14H,7-9H2,1H3. The fourth-order valence-corrected chi connectivity index (χ4v) is 5.93. The Morgan fingerprint density at radius 1 is 1.30 bits per heavy atom. The van der Waals surface area contributed by atoms with Gasteiger partial charge in [-0.3, -0.25) is 0 Å². The molecule has 4 nitrogen and oxygen atoms in total. The summed E-state index contributed by atoms with van der Waals surface area (Å²) in [6.45, 7) is 0. The Balaban J connectivity index is 1.80. The molecule has 0 spiro atoms. The van der Waals surface area contributed by atoms with Crippen LogP contribution in [0.1, 0.15) is 21.7 Å². The van der Waals surface area contributed by atoms with E-state index in [9.17, 15) is 8.42 Å². The Morgan fingerprint density at radius 3 is 2.75 bits per heavy atom. The van der Waals surface area contributed by atoms with E-state index in [1.165, 1.54) is 27.4 Å². The molecular formula is C13H16N2O2S3. The van der Waals surface area contributed by atoms with Gasteiger partial charge < -0.3 is 4.98 Å². The quantitative estimate of drug-likeness (QED) is 0.937. The van der Waals surface area contributed by atoms with Crippen molar-refractivity contribution >= 4 is 33.5 Å². The summed E-state index contributed by atoms with van der Waals surface area (Å²) in [4.78, 5) is 3.42. The first kappa shape index (κ1) is 14.2. The molecule has 0 aromatic carbocycles. The molecule has 1 N–H and O–H groups in total. The van der Waals surface area contributed by atoms with Gasteiger partial charge in [-0.05, 0) is 24.3 Å². The van der Waals surface area contributed by atoms with Gasteiger partial charge in [-0.15, -0.1) is 23.5 Å². The lowest BCUT2D eigenvalue weighted by molar-refractivity contribution is 0.592. The SMILES string of the molecule is CS(=O)(=O)n1cccc1Cc1ccc(C2SCCS2)[nH]1. The van der Waals surface area contributed by atoms with Crippen LogP contribution in [0.5, 0.6) is 0 Å². The van der Waals surface area contributed by atoms with Crippen LogP contribution in [0, 0.1) is 0 Å². The van der Waals surface area contributed by atoms with Gasteiger partial charge in [-0.2, -0.15) is 0 Å². The van der Waals surface area contributed by atoms with Gasteiger partial charge in [0.25, 0.3) is 0 Å². The van der Waals surface area contributed by atoms with Crippen LogP contribution >= 0.6 is 23.5 Å². The summed E-state index contributed by atoms with van der Waals surface area (Å²) >= 11 is 3.91. The number of H-pyrrole nitrogens is 1. The Bertz CT molecular complexity index is 697. The minimum absolute atomic E-state index is 0.491. The predicted molar refractivity (Wildman–Crippen MR) is 85.9 cm³/mol. The van der Waals surface area contributed by atoms with Crippen LogP contribution in [0.4, 0.5) is 0 Å². The highest BCUT2D eigenvalue weighted by Gasteiger charge is 2.20. The zero-order valence-electron chi connectivity index (χ0n) is 11.1. The van der Waals surface area contributed by atoms with Crippen molar-refractivity contribution in [2.45, 2.75) is 11.0 Å². The first-order valence-corrected chi connectivity index (χ1v) is 10.3. The van der Waals surface area contributed by atoms with Crippen molar-refractivity contribution in [1.82, 2.24) is 8.96 Å². The van der Waals surface area contributed by atoms with E-state index in [1.54, 1.807) is 12.3 Å². The molecule has 1 aliphatic rings. The fourth-order valence-electron chi connectivity index (χ4n) is 2.29. The molecule has 2 aromatic heterocycles. The van der Waals surface area contributed by atoms with Crippen LogP contribution < -0.4 is 0 Å². The Kier molecular flexibility index (Phi) is 3.92. The summed E-state index contributed by atoms with van der Waals surface area (Å²) in [7, 11) is -3.22. The average molecular weight is 328 g/mol. The molecule has 0 radical (unpaired) electrons. The predicted octanol–water partition coefficient (Wildman–Crippen LogP) is 2.69. The van der Waals surface area contributed by atoms with E-state index in [4.69, 9.17) is 0 Å².